The molecule has 118 valence electrons. The number of aromatic nitrogens is 1. The van der Waals surface area contributed by atoms with E-state index in [1.807, 2.05) is 12.3 Å². The van der Waals surface area contributed by atoms with E-state index in [2.05, 4.69) is 10.3 Å². The molecular formula is C13H21N3O3S2. The Bertz CT molecular complexity index is 571. The zero-order valence-electron chi connectivity index (χ0n) is 12.3. The van der Waals surface area contributed by atoms with Crippen molar-refractivity contribution in [3.05, 3.63) is 16.6 Å². The zero-order chi connectivity index (χ0) is 15.5. The van der Waals surface area contributed by atoms with Gasteiger partial charge in [0, 0.05) is 43.4 Å². The molecule has 8 heteroatoms. The van der Waals surface area contributed by atoms with Gasteiger partial charge in [0.05, 0.1) is 10.8 Å². The molecule has 2 atom stereocenters. The van der Waals surface area contributed by atoms with Gasteiger partial charge in [-0.2, -0.15) is 0 Å². The Morgan fingerprint density at radius 3 is 3.00 bits per heavy atom. The van der Waals surface area contributed by atoms with Crippen molar-refractivity contribution in [2.24, 2.45) is 5.92 Å². The average molecular weight is 331 g/mol. The normalized spacial score (nSPS) is 20.5. The number of carbonyl (C=O) groups excluding carboxylic acids is 1. The van der Waals surface area contributed by atoms with Crippen molar-refractivity contribution in [2.45, 2.75) is 19.3 Å². The second kappa shape index (κ2) is 6.74. The molecule has 1 aliphatic rings. The second-order valence-electron chi connectivity index (χ2n) is 5.65. The van der Waals surface area contributed by atoms with Crippen LogP contribution in [0.1, 0.15) is 24.3 Å². The van der Waals surface area contributed by atoms with Crippen molar-refractivity contribution in [3.63, 3.8) is 0 Å². The smallest absolute Gasteiger partial charge is 0.317 e. The molecule has 2 amide bonds. The summed E-state index contributed by atoms with van der Waals surface area (Å²) in [6.07, 6.45) is 3.75. The highest BCUT2D eigenvalue weighted by atomic mass is 32.2. The van der Waals surface area contributed by atoms with Crippen molar-refractivity contribution in [1.29, 1.82) is 0 Å². The summed E-state index contributed by atoms with van der Waals surface area (Å²) in [6.45, 7) is 3.71. The highest BCUT2D eigenvalue weighted by Crippen LogP contribution is 2.19. The van der Waals surface area contributed by atoms with Gasteiger partial charge < -0.3 is 10.2 Å². The van der Waals surface area contributed by atoms with E-state index < -0.39 is 9.84 Å². The third kappa shape index (κ3) is 4.96. The van der Waals surface area contributed by atoms with Crippen LogP contribution >= 0.6 is 11.3 Å². The van der Waals surface area contributed by atoms with Gasteiger partial charge in [0.25, 0.3) is 0 Å². The number of nitrogens with zero attached hydrogens (tertiary/aromatic N) is 2. The first-order valence-corrected chi connectivity index (χ1v) is 9.89. The minimum Gasteiger partial charge on any atom is -0.337 e. The molecule has 1 aromatic rings. The number of nitrogens with one attached hydrogen (secondary N) is 1. The molecule has 0 aliphatic carbocycles. The van der Waals surface area contributed by atoms with E-state index >= 15 is 0 Å². The predicted octanol–water partition coefficient (Wildman–Crippen LogP) is 1.32. The van der Waals surface area contributed by atoms with Crippen molar-refractivity contribution in [2.75, 3.05) is 31.6 Å². The highest BCUT2D eigenvalue weighted by molar-refractivity contribution is 7.90. The van der Waals surface area contributed by atoms with E-state index in [1.165, 1.54) is 6.26 Å². The number of carbonyl (C=O) groups is 1. The molecule has 6 nitrogen and oxygen atoms in total. The predicted molar refractivity (Wildman–Crippen MR) is 83.3 cm³/mol. The molecule has 0 radical (unpaired) electrons. The van der Waals surface area contributed by atoms with Crippen LogP contribution in [0.25, 0.3) is 0 Å². The Balaban J connectivity index is 1.77. The third-order valence-corrected chi connectivity index (χ3v) is 5.63. The summed E-state index contributed by atoms with van der Waals surface area (Å²) < 4.78 is 22.6. The van der Waals surface area contributed by atoms with E-state index in [9.17, 15) is 13.2 Å². The van der Waals surface area contributed by atoms with Crippen LogP contribution in [0, 0.1) is 5.92 Å². The summed E-state index contributed by atoms with van der Waals surface area (Å²) in [6, 6.07) is -0.116. The first kappa shape index (κ1) is 16.2. The van der Waals surface area contributed by atoms with Crippen LogP contribution in [-0.4, -0.2) is 56.0 Å². The molecule has 1 fully saturated rings. The molecule has 21 heavy (non-hydrogen) atoms. The standard InChI is InChI=1S/C13H21N3O3S2/c1-10(12-14-4-6-20-12)7-15-13(17)16-5-3-11(8-16)9-21(2,18)19/h4,6,10-11H,3,5,7-9H2,1-2H3,(H,15,17). The zero-order valence-corrected chi connectivity index (χ0v) is 13.9. The van der Waals surface area contributed by atoms with Gasteiger partial charge in [0.15, 0.2) is 0 Å². The van der Waals surface area contributed by atoms with Gasteiger partial charge in [-0.3, -0.25) is 0 Å². The number of hydrogen-bond donors (Lipinski definition) is 1. The fraction of sp³-hybridized carbons (Fsp3) is 0.692. The highest BCUT2D eigenvalue weighted by Gasteiger charge is 2.28. The van der Waals surface area contributed by atoms with Gasteiger partial charge in [-0.25, -0.2) is 18.2 Å². The Hall–Kier alpha value is -1.15. The lowest BCUT2D eigenvalue weighted by molar-refractivity contribution is 0.207. The van der Waals surface area contributed by atoms with Crippen LogP contribution in [0.15, 0.2) is 11.6 Å². The molecule has 1 aromatic heterocycles. The lowest BCUT2D eigenvalue weighted by Gasteiger charge is -2.18. The molecule has 2 rings (SSSR count). The van der Waals surface area contributed by atoms with Gasteiger partial charge in [0.1, 0.15) is 9.84 Å². The van der Waals surface area contributed by atoms with Crippen LogP contribution < -0.4 is 5.32 Å². The van der Waals surface area contributed by atoms with Crippen molar-refractivity contribution in [1.82, 2.24) is 15.2 Å². The Kier molecular flexibility index (Phi) is 5.21. The lowest BCUT2D eigenvalue weighted by atomic mass is 10.2. The number of thiazole rings is 1. The minimum absolute atomic E-state index is 0.0575. The molecule has 0 spiro atoms. The van der Waals surface area contributed by atoms with E-state index in [1.54, 1.807) is 22.4 Å². The molecule has 1 saturated heterocycles. The van der Waals surface area contributed by atoms with Crippen molar-refractivity contribution in [3.8, 4) is 0 Å². The maximum absolute atomic E-state index is 12.1. The van der Waals surface area contributed by atoms with Crippen LogP contribution in [0.5, 0.6) is 0 Å². The van der Waals surface area contributed by atoms with Gasteiger partial charge in [-0.1, -0.05) is 6.92 Å². The Labute approximate surface area is 129 Å². The topological polar surface area (TPSA) is 79.4 Å². The number of amides is 2. The average Bonchev–Trinajstić information content (AvgIpc) is 3.04. The van der Waals surface area contributed by atoms with Crippen LogP contribution in [0.4, 0.5) is 4.79 Å². The summed E-state index contributed by atoms with van der Waals surface area (Å²) in [5.74, 6) is 0.400. The van der Waals surface area contributed by atoms with Crippen LogP contribution in [0.3, 0.4) is 0 Å². The monoisotopic (exact) mass is 331 g/mol. The molecule has 2 heterocycles. The quantitative estimate of drug-likeness (QED) is 0.882. The fourth-order valence-corrected chi connectivity index (χ4v) is 4.33. The third-order valence-electron chi connectivity index (χ3n) is 3.54. The van der Waals surface area contributed by atoms with Gasteiger partial charge in [-0.15, -0.1) is 11.3 Å². The summed E-state index contributed by atoms with van der Waals surface area (Å²) in [4.78, 5) is 18.0. The van der Waals surface area contributed by atoms with Crippen LogP contribution in [0.2, 0.25) is 0 Å². The van der Waals surface area contributed by atoms with Crippen LogP contribution in [-0.2, 0) is 9.84 Å². The molecule has 0 saturated carbocycles. The van der Waals surface area contributed by atoms with Gasteiger partial charge in [-0.05, 0) is 12.3 Å². The van der Waals surface area contributed by atoms with Gasteiger partial charge in [0.2, 0.25) is 0 Å². The Morgan fingerprint density at radius 2 is 2.38 bits per heavy atom. The molecule has 0 aromatic carbocycles. The minimum atomic E-state index is -2.98. The second-order valence-corrected chi connectivity index (χ2v) is 8.76. The number of rotatable bonds is 5. The molecule has 2 unspecified atom stereocenters. The molecule has 0 bridgehead atoms. The number of urea groups is 1. The van der Waals surface area contributed by atoms with E-state index in [-0.39, 0.29) is 23.6 Å². The van der Waals surface area contributed by atoms with E-state index in [0.717, 1.165) is 11.4 Å². The number of sulfone groups is 1. The first-order valence-electron chi connectivity index (χ1n) is 6.95. The fourth-order valence-electron chi connectivity index (χ4n) is 2.50. The first-order chi connectivity index (χ1) is 9.85. The number of hydrogen-bond acceptors (Lipinski definition) is 5. The van der Waals surface area contributed by atoms with Crippen molar-refractivity contribution < 1.29 is 13.2 Å². The summed E-state index contributed by atoms with van der Waals surface area (Å²) >= 11 is 1.58. The number of likely N-dealkylation sites (tertiary alicyclic amines) is 1. The van der Waals surface area contributed by atoms with Gasteiger partial charge >= 0.3 is 6.03 Å². The summed E-state index contributed by atoms with van der Waals surface area (Å²) in [5.41, 5.74) is 0. The van der Waals surface area contributed by atoms with Crippen molar-refractivity contribution >= 4 is 27.2 Å². The molecule has 1 N–H and O–H groups in total. The van der Waals surface area contributed by atoms with E-state index in [4.69, 9.17) is 0 Å². The lowest BCUT2D eigenvalue weighted by Crippen LogP contribution is -2.40. The Morgan fingerprint density at radius 1 is 1.62 bits per heavy atom. The van der Waals surface area contributed by atoms with E-state index in [0.29, 0.717) is 19.6 Å². The maximum Gasteiger partial charge on any atom is 0.317 e. The maximum atomic E-state index is 12.1. The summed E-state index contributed by atoms with van der Waals surface area (Å²) in [5, 5.41) is 5.83. The molecular weight excluding hydrogens is 310 g/mol. The largest absolute Gasteiger partial charge is 0.337 e. The molecule has 1 aliphatic heterocycles. The SMILES string of the molecule is CC(CNC(=O)N1CCC(CS(C)(=O)=O)C1)c1nccs1. The summed E-state index contributed by atoms with van der Waals surface area (Å²) in [7, 11) is -2.98.